The van der Waals surface area contributed by atoms with Crippen LogP contribution in [0.4, 0.5) is 0 Å². The highest BCUT2D eigenvalue weighted by Gasteiger charge is 2.05. The highest BCUT2D eigenvalue weighted by molar-refractivity contribution is 6.10. The van der Waals surface area contributed by atoms with Gasteiger partial charge in [-0.05, 0) is 54.1 Å². The zero-order valence-electron chi connectivity index (χ0n) is 13.7. The van der Waals surface area contributed by atoms with Crippen LogP contribution in [0.2, 0.25) is 0 Å². The zero-order chi connectivity index (χ0) is 18.2. The molecule has 2 N–H and O–H groups in total. The van der Waals surface area contributed by atoms with Crippen LogP contribution in [0, 0.1) is 0 Å². The lowest BCUT2D eigenvalue weighted by molar-refractivity contribution is -0.121. The minimum Gasteiger partial charge on any atom is -0.508 e. The van der Waals surface area contributed by atoms with Gasteiger partial charge in [0.25, 0.3) is 0 Å². The smallest absolute Gasteiger partial charge is 0.163 e. The summed E-state index contributed by atoms with van der Waals surface area (Å²) in [6.07, 6.45) is 5.32. The van der Waals surface area contributed by atoms with Gasteiger partial charge >= 0.3 is 0 Å². The number of rotatable bonds is 7. The minimum absolute atomic E-state index is 0.0170. The number of phenolic OH excluding ortho intramolecular Hbond substituents is 2. The van der Waals surface area contributed by atoms with Crippen molar-refractivity contribution in [1.82, 2.24) is 0 Å². The molecular weight excluding hydrogens is 320 g/mol. The monoisotopic (exact) mass is 338 g/mol. The third-order valence-electron chi connectivity index (χ3n) is 3.39. The SMILES string of the molecule is COc1ccc(O)c(C=CC(=O)CC(=O)C=Cc2ccc(O)cc2)c1. The van der Waals surface area contributed by atoms with Gasteiger partial charge in [0, 0.05) is 5.56 Å². The van der Waals surface area contributed by atoms with Crippen molar-refractivity contribution in [3.63, 3.8) is 0 Å². The number of carbonyl (C=O) groups excluding carboxylic acids is 2. The molecule has 0 aromatic heterocycles. The molecule has 128 valence electrons. The predicted octanol–water partition coefficient (Wildman–Crippen LogP) is 3.36. The Hall–Kier alpha value is -3.34. The quantitative estimate of drug-likeness (QED) is 0.597. The van der Waals surface area contributed by atoms with Gasteiger partial charge in [0.2, 0.25) is 0 Å². The van der Waals surface area contributed by atoms with Crippen LogP contribution in [0.3, 0.4) is 0 Å². The summed E-state index contributed by atoms with van der Waals surface area (Å²) in [6, 6.07) is 11.0. The highest BCUT2D eigenvalue weighted by atomic mass is 16.5. The summed E-state index contributed by atoms with van der Waals surface area (Å²) >= 11 is 0. The molecule has 0 bridgehead atoms. The van der Waals surface area contributed by atoms with E-state index in [-0.39, 0.29) is 29.5 Å². The van der Waals surface area contributed by atoms with Crippen LogP contribution in [0.25, 0.3) is 12.2 Å². The molecule has 0 radical (unpaired) electrons. The fraction of sp³-hybridized carbons (Fsp3) is 0.100. The van der Waals surface area contributed by atoms with Crippen molar-refractivity contribution in [2.75, 3.05) is 7.11 Å². The van der Waals surface area contributed by atoms with E-state index in [1.807, 2.05) is 0 Å². The van der Waals surface area contributed by atoms with E-state index in [9.17, 15) is 19.8 Å². The van der Waals surface area contributed by atoms with E-state index in [0.717, 1.165) is 5.56 Å². The van der Waals surface area contributed by atoms with Crippen LogP contribution in [-0.4, -0.2) is 28.9 Å². The van der Waals surface area contributed by atoms with Gasteiger partial charge in [-0.1, -0.05) is 18.2 Å². The Morgan fingerprint density at radius 3 is 2.24 bits per heavy atom. The van der Waals surface area contributed by atoms with Crippen LogP contribution >= 0.6 is 0 Å². The third kappa shape index (κ3) is 5.66. The average molecular weight is 338 g/mol. The maximum absolute atomic E-state index is 11.9. The number of methoxy groups -OCH3 is 1. The second-order valence-electron chi connectivity index (χ2n) is 5.29. The minimum atomic E-state index is -0.373. The number of ether oxygens (including phenoxy) is 1. The second kappa shape index (κ2) is 8.49. The number of ketones is 2. The predicted molar refractivity (Wildman–Crippen MR) is 95.5 cm³/mol. The average Bonchev–Trinajstić information content (AvgIpc) is 2.60. The molecule has 0 fully saturated rings. The normalized spacial score (nSPS) is 11.1. The van der Waals surface area contributed by atoms with Gasteiger partial charge in [-0.25, -0.2) is 0 Å². The summed E-state index contributed by atoms with van der Waals surface area (Å²) in [6.45, 7) is 0. The molecule has 5 nitrogen and oxygen atoms in total. The molecule has 0 spiro atoms. The van der Waals surface area contributed by atoms with Gasteiger partial charge in [-0.15, -0.1) is 0 Å². The van der Waals surface area contributed by atoms with Crippen LogP contribution in [0.15, 0.2) is 54.6 Å². The number of hydrogen-bond acceptors (Lipinski definition) is 5. The summed E-state index contributed by atoms with van der Waals surface area (Å²) in [5.41, 5.74) is 1.18. The van der Waals surface area contributed by atoms with E-state index in [1.54, 1.807) is 30.3 Å². The van der Waals surface area contributed by atoms with Gasteiger partial charge in [0.1, 0.15) is 17.2 Å². The summed E-state index contributed by atoms with van der Waals surface area (Å²) in [5.74, 6) is 0.00552. The summed E-state index contributed by atoms with van der Waals surface area (Å²) in [5, 5.41) is 18.9. The van der Waals surface area contributed by atoms with E-state index in [4.69, 9.17) is 4.74 Å². The molecule has 0 amide bonds. The third-order valence-corrected chi connectivity index (χ3v) is 3.39. The Morgan fingerprint density at radius 2 is 1.60 bits per heavy atom. The van der Waals surface area contributed by atoms with Gasteiger partial charge < -0.3 is 14.9 Å². The molecule has 0 aliphatic heterocycles. The van der Waals surface area contributed by atoms with E-state index in [0.29, 0.717) is 11.3 Å². The Bertz CT molecular complexity index is 816. The molecule has 0 atom stereocenters. The Balaban J connectivity index is 1.95. The molecular formula is C20H18O5. The lowest BCUT2D eigenvalue weighted by atomic mass is 10.1. The molecule has 2 aromatic rings. The van der Waals surface area contributed by atoms with Gasteiger partial charge in [-0.3, -0.25) is 9.59 Å². The zero-order valence-corrected chi connectivity index (χ0v) is 13.7. The van der Waals surface area contributed by atoms with Gasteiger partial charge in [-0.2, -0.15) is 0 Å². The van der Waals surface area contributed by atoms with Crippen molar-refractivity contribution in [3.05, 3.63) is 65.7 Å². The van der Waals surface area contributed by atoms with E-state index in [2.05, 4.69) is 0 Å². The Labute approximate surface area is 145 Å². The van der Waals surface area contributed by atoms with E-state index < -0.39 is 0 Å². The van der Waals surface area contributed by atoms with E-state index >= 15 is 0 Å². The number of phenols is 2. The van der Waals surface area contributed by atoms with Crippen LogP contribution in [0.5, 0.6) is 17.2 Å². The fourth-order valence-corrected chi connectivity index (χ4v) is 2.04. The molecule has 2 rings (SSSR count). The first-order chi connectivity index (χ1) is 12.0. The number of carbonyl (C=O) groups is 2. The topological polar surface area (TPSA) is 83.8 Å². The molecule has 5 heteroatoms. The van der Waals surface area contributed by atoms with Crippen molar-refractivity contribution < 1.29 is 24.5 Å². The highest BCUT2D eigenvalue weighted by Crippen LogP contribution is 2.24. The lowest BCUT2D eigenvalue weighted by Crippen LogP contribution is -2.01. The van der Waals surface area contributed by atoms with Crippen molar-refractivity contribution in [3.8, 4) is 17.2 Å². The number of hydrogen-bond donors (Lipinski definition) is 2. The molecule has 0 aliphatic rings. The van der Waals surface area contributed by atoms with Crippen LogP contribution < -0.4 is 4.74 Å². The number of aromatic hydroxyl groups is 2. The first-order valence-electron chi connectivity index (χ1n) is 7.56. The molecule has 25 heavy (non-hydrogen) atoms. The maximum Gasteiger partial charge on any atom is 0.163 e. The van der Waals surface area contributed by atoms with Crippen LogP contribution in [-0.2, 0) is 9.59 Å². The van der Waals surface area contributed by atoms with Crippen molar-refractivity contribution in [2.24, 2.45) is 0 Å². The largest absolute Gasteiger partial charge is 0.508 e. The van der Waals surface area contributed by atoms with Gasteiger partial charge in [0.15, 0.2) is 11.6 Å². The van der Waals surface area contributed by atoms with Crippen molar-refractivity contribution in [2.45, 2.75) is 6.42 Å². The molecule has 0 heterocycles. The Morgan fingerprint density at radius 1 is 0.960 bits per heavy atom. The van der Waals surface area contributed by atoms with Crippen LogP contribution in [0.1, 0.15) is 17.5 Å². The Kier molecular flexibility index (Phi) is 6.12. The number of benzene rings is 2. The van der Waals surface area contributed by atoms with Crippen molar-refractivity contribution in [1.29, 1.82) is 0 Å². The molecule has 0 unspecified atom stereocenters. The first-order valence-corrected chi connectivity index (χ1v) is 7.56. The molecule has 0 saturated heterocycles. The van der Waals surface area contributed by atoms with Crippen molar-refractivity contribution >= 4 is 23.7 Å². The van der Waals surface area contributed by atoms with E-state index in [1.165, 1.54) is 43.5 Å². The second-order valence-corrected chi connectivity index (χ2v) is 5.29. The lowest BCUT2D eigenvalue weighted by Gasteiger charge is -2.03. The maximum atomic E-state index is 11.9. The number of allylic oxidation sites excluding steroid dienone is 2. The summed E-state index contributed by atoms with van der Waals surface area (Å²) < 4.78 is 5.05. The molecule has 2 aromatic carbocycles. The van der Waals surface area contributed by atoms with Gasteiger partial charge in [0.05, 0.1) is 13.5 Å². The summed E-state index contributed by atoms with van der Waals surface area (Å²) in [7, 11) is 1.50. The molecule has 0 saturated carbocycles. The summed E-state index contributed by atoms with van der Waals surface area (Å²) in [4.78, 5) is 23.7. The first kappa shape index (κ1) is 18.0. The fourth-order valence-electron chi connectivity index (χ4n) is 2.04. The standard InChI is InChI=1S/C20H18O5/c1-25-19-10-11-20(24)15(12-19)5-9-18(23)13-17(22)8-4-14-2-6-16(21)7-3-14/h2-12,21,24H,13H2,1H3. The molecule has 0 aliphatic carbocycles.